The first-order valence-electron chi connectivity index (χ1n) is 5.48. The van der Waals surface area contributed by atoms with E-state index in [1.165, 1.54) is 11.5 Å². The van der Waals surface area contributed by atoms with E-state index in [2.05, 4.69) is 15.2 Å². The molecule has 0 unspecified atom stereocenters. The summed E-state index contributed by atoms with van der Waals surface area (Å²) in [5.74, 6) is 1.29. The summed E-state index contributed by atoms with van der Waals surface area (Å²) < 4.78 is 4.99. The van der Waals surface area contributed by atoms with Crippen molar-refractivity contribution in [2.45, 2.75) is 0 Å². The highest BCUT2D eigenvalue weighted by atomic mass is 32.2. The van der Waals surface area contributed by atoms with Crippen molar-refractivity contribution in [2.75, 3.05) is 43.0 Å². The molecular weight excluding hydrogens is 242 g/mol. The van der Waals surface area contributed by atoms with E-state index in [4.69, 9.17) is 9.52 Å². The van der Waals surface area contributed by atoms with E-state index in [9.17, 15) is 4.79 Å². The number of aromatic carboxylic acids is 1. The van der Waals surface area contributed by atoms with Crippen molar-refractivity contribution < 1.29 is 14.3 Å². The van der Waals surface area contributed by atoms with Crippen LogP contribution < -0.4 is 5.32 Å². The van der Waals surface area contributed by atoms with Crippen LogP contribution in [0, 0.1) is 0 Å². The molecule has 0 saturated carbocycles. The Morgan fingerprint density at radius 1 is 1.59 bits per heavy atom. The second-order valence-corrected chi connectivity index (χ2v) is 4.95. The van der Waals surface area contributed by atoms with Crippen LogP contribution in [0.1, 0.15) is 10.5 Å². The second-order valence-electron chi connectivity index (χ2n) is 3.72. The van der Waals surface area contributed by atoms with Crippen molar-refractivity contribution in [1.29, 1.82) is 0 Å². The van der Waals surface area contributed by atoms with Gasteiger partial charge in [-0.05, 0) is 0 Å². The number of nitrogens with zero attached hydrogens (tertiary/aromatic N) is 2. The molecule has 17 heavy (non-hydrogen) atoms. The molecule has 7 heteroatoms. The number of carbonyl (C=O) groups is 1. The quantitative estimate of drug-likeness (QED) is 0.809. The molecule has 0 bridgehead atoms. The van der Waals surface area contributed by atoms with Gasteiger partial charge >= 0.3 is 5.97 Å². The van der Waals surface area contributed by atoms with E-state index < -0.39 is 5.97 Å². The lowest BCUT2D eigenvalue weighted by Crippen LogP contribution is -2.36. The molecule has 1 aromatic rings. The van der Waals surface area contributed by atoms with Crippen LogP contribution in [-0.2, 0) is 0 Å². The van der Waals surface area contributed by atoms with Gasteiger partial charge in [-0.2, -0.15) is 16.7 Å². The van der Waals surface area contributed by atoms with Crippen LogP contribution in [0.4, 0.5) is 6.01 Å². The molecule has 0 amide bonds. The monoisotopic (exact) mass is 257 g/mol. The summed E-state index contributed by atoms with van der Waals surface area (Å²) in [6.07, 6.45) is 1.14. The number of thioether (sulfide) groups is 1. The first-order valence-corrected chi connectivity index (χ1v) is 6.64. The van der Waals surface area contributed by atoms with Crippen molar-refractivity contribution in [3.8, 4) is 0 Å². The SMILES string of the molecule is O=C(O)c1coc(NCCN2CCSCC2)n1. The van der Waals surface area contributed by atoms with Crippen LogP contribution in [0.3, 0.4) is 0 Å². The van der Waals surface area contributed by atoms with Gasteiger partial charge in [0.05, 0.1) is 0 Å². The fourth-order valence-electron chi connectivity index (χ4n) is 1.60. The van der Waals surface area contributed by atoms with Crippen molar-refractivity contribution >= 4 is 23.7 Å². The Balaban J connectivity index is 1.71. The first-order chi connectivity index (χ1) is 8.25. The van der Waals surface area contributed by atoms with E-state index in [0.29, 0.717) is 6.54 Å². The van der Waals surface area contributed by atoms with E-state index in [-0.39, 0.29) is 11.7 Å². The van der Waals surface area contributed by atoms with Crippen LogP contribution in [0.15, 0.2) is 10.7 Å². The molecule has 94 valence electrons. The zero-order valence-electron chi connectivity index (χ0n) is 9.39. The molecule has 6 nitrogen and oxygen atoms in total. The molecule has 1 saturated heterocycles. The average molecular weight is 257 g/mol. The maximum atomic E-state index is 10.6. The second kappa shape index (κ2) is 5.92. The third-order valence-electron chi connectivity index (χ3n) is 2.53. The van der Waals surface area contributed by atoms with E-state index in [1.807, 2.05) is 11.8 Å². The Labute approximate surface area is 103 Å². The zero-order chi connectivity index (χ0) is 12.1. The predicted octanol–water partition coefficient (Wildman–Crippen LogP) is 0.833. The summed E-state index contributed by atoms with van der Waals surface area (Å²) in [5.41, 5.74) is -0.0677. The topological polar surface area (TPSA) is 78.6 Å². The lowest BCUT2D eigenvalue weighted by molar-refractivity contribution is 0.0690. The summed E-state index contributed by atoms with van der Waals surface area (Å²) in [4.78, 5) is 16.7. The highest BCUT2D eigenvalue weighted by Crippen LogP contribution is 2.09. The number of rotatable bonds is 5. The van der Waals surface area contributed by atoms with Crippen LogP contribution >= 0.6 is 11.8 Å². The molecule has 0 spiro atoms. The molecule has 1 fully saturated rings. The number of nitrogens with one attached hydrogen (secondary N) is 1. The number of carboxylic acids is 1. The first kappa shape index (κ1) is 12.3. The van der Waals surface area contributed by atoms with Gasteiger partial charge in [-0.15, -0.1) is 0 Å². The highest BCUT2D eigenvalue weighted by Gasteiger charge is 2.12. The van der Waals surface area contributed by atoms with Crippen LogP contribution in [0.25, 0.3) is 0 Å². The van der Waals surface area contributed by atoms with Crippen molar-refractivity contribution in [3.05, 3.63) is 12.0 Å². The average Bonchev–Trinajstić information content (AvgIpc) is 2.79. The third-order valence-corrected chi connectivity index (χ3v) is 3.47. The van der Waals surface area contributed by atoms with Crippen molar-refractivity contribution in [3.63, 3.8) is 0 Å². The minimum Gasteiger partial charge on any atom is -0.476 e. The summed E-state index contributed by atoms with van der Waals surface area (Å²) in [6.45, 7) is 3.85. The summed E-state index contributed by atoms with van der Waals surface area (Å²) >= 11 is 1.98. The third kappa shape index (κ3) is 3.64. The highest BCUT2D eigenvalue weighted by molar-refractivity contribution is 7.99. The van der Waals surface area contributed by atoms with Gasteiger partial charge in [0.1, 0.15) is 6.26 Å². The summed E-state index contributed by atoms with van der Waals surface area (Å²) in [7, 11) is 0. The minimum atomic E-state index is -1.07. The number of anilines is 1. The van der Waals surface area contributed by atoms with Gasteiger partial charge in [0, 0.05) is 37.7 Å². The van der Waals surface area contributed by atoms with Crippen LogP contribution in [0.5, 0.6) is 0 Å². The molecule has 1 aliphatic heterocycles. The molecule has 2 N–H and O–H groups in total. The Morgan fingerprint density at radius 2 is 2.35 bits per heavy atom. The van der Waals surface area contributed by atoms with Gasteiger partial charge in [-0.25, -0.2) is 4.79 Å². The molecule has 1 aromatic heterocycles. The van der Waals surface area contributed by atoms with Gasteiger partial charge in [0.15, 0.2) is 5.69 Å². The number of aromatic nitrogens is 1. The Kier molecular flexibility index (Phi) is 4.27. The summed E-state index contributed by atoms with van der Waals surface area (Å²) in [6, 6.07) is 0.272. The number of carboxylic acid groups (broad SMARTS) is 1. The smallest absolute Gasteiger partial charge is 0.357 e. The zero-order valence-corrected chi connectivity index (χ0v) is 10.2. The van der Waals surface area contributed by atoms with Gasteiger partial charge in [-0.3, -0.25) is 4.90 Å². The molecule has 0 atom stereocenters. The van der Waals surface area contributed by atoms with Gasteiger partial charge in [0.2, 0.25) is 0 Å². The largest absolute Gasteiger partial charge is 0.476 e. The fraction of sp³-hybridized carbons (Fsp3) is 0.600. The van der Waals surface area contributed by atoms with Gasteiger partial charge in [-0.1, -0.05) is 0 Å². The fourth-order valence-corrected chi connectivity index (χ4v) is 2.58. The molecule has 1 aliphatic rings. The maximum Gasteiger partial charge on any atom is 0.357 e. The van der Waals surface area contributed by atoms with Gasteiger partial charge in [0.25, 0.3) is 6.01 Å². The molecule has 0 aliphatic carbocycles. The molecule has 2 rings (SSSR count). The lowest BCUT2D eigenvalue weighted by Gasteiger charge is -2.25. The van der Waals surface area contributed by atoms with Gasteiger partial charge < -0.3 is 14.8 Å². The van der Waals surface area contributed by atoms with E-state index in [1.54, 1.807) is 0 Å². The lowest BCUT2D eigenvalue weighted by atomic mass is 10.4. The normalized spacial score (nSPS) is 16.9. The van der Waals surface area contributed by atoms with Crippen LogP contribution in [0.2, 0.25) is 0 Å². The number of oxazole rings is 1. The van der Waals surface area contributed by atoms with Crippen molar-refractivity contribution in [1.82, 2.24) is 9.88 Å². The minimum absolute atomic E-state index is 0.0677. The standard InChI is InChI=1S/C10H15N3O3S/c14-9(15)8-7-16-10(12-8)11-1-2-13-3-5-17-6-4-13/h7H,1-6H2,(H,11,12)(H,14,15). The summed E-state index contributed by atoms with van der Waals surface area (Å²) in [5, 5.41) is 11.6. The van der Waals surface area contributed by atoms with E-state index in [0.717, 1.165) is 25.9 Å². The molecule has 2 heterocycles. The number of hydrogen-bond acceptors (Lipinski definition) is 6. The van der Waals surface area contributed by atoms with Crippen molar-refractivity contribution in [2.24, 2.45) is 0 Å². The Morgan fingerprint density at radius 3 is 3.00 bits per heavy atom. The molecule has 0 radical (unpaired) electrons. The predicted molar refractivity (Wildman–Crippen MR) is 65.7 cm³/mol. The Bertz CT molecular complexity index is 377. The van der Waals surface area contributed by atoms with E-state index >= 15 is 0 Å². The maximum absolute atomic E-state index is 10.6. The molecule has 0 aromatic carbocycles. The van der Waals surface area contributed by atoms with Crippen LogP contribution in [-0.4, -0.2) is 58.6 Å². The number of hydrogen-bond donors (Lipinski definition) is 2. The molecular formula is C10H15N3O3S. The Hall–Kier alpha value is -1.21.